The first-order valence-electron chi connectivity index (χ1n) is 6.12. The van der Waals surface area contributed by atoms with E-state index in [1.165, 1.54) is 0 Å². The molecule has 1 rings (SSSR count). The van der Waals surface area contributed by atoms with Crippen LogP contribution in [0.25, 0.3) is 0 Å². The number of ether oxygens (including phenoxy) is 1. The predicted octanol–water partition coefficient (Wildman–Crippen LogP) is 2.40. The van der Waals surface area contributed by atoms with Crippen LogP contribution >= 0.6 is 0 Å². The van der Waals surface area contributed by atoms with Gasteiger partial charge in [0.15, 0.2) is 0 Å². The van der Waals surface area contributed by atoms with Crippen molar-refractivity contribution >= 4 is 5.97 Å². The van der Waals surface area contributed by atoms with Gasteiger partial charge in [0.1, 0.15) is 0 Å². The Morgan fingerprint density at radius 2 is 2.12 bits per heavy atom. The molecule has 0 fully saturated rings. The lowest BCUT2D eigenvalue weighted by molar-refractivity contribution is 0.0333. The number of carbonyl (C=O) groups excluding carboxylic acids is 1. The molecule has 0 aromatic heterocycles. The smallest absolute Gasteiger partial charge is 0.338 e. The fourth-order valence-electron chi connectivity index (χ4n) is 1.53. The summed E-state index contributed by atoms with van der Waals surface area (Å²) in [6.45, 7) is 4.77. The molecule has 3 heteroatoms. The molecule has 17 heavy (non-hydrogen) atoms. The third kappa shape index (κ3) is 4.19. The number of nitrogens with one attached hydrogen (secondary N) is 1. The molecule has 0 radical (unpaired) electrons. The monoisotopic (exact) mass is 235 g/mol. The Kier molecular flexibility index (Phi) is 5.70. The maximum absolute atomic E-state index is 12.0. The standard InChI is InChI=1S/C14H21NO2/c1-4-11(2)17-14(16)13-8-6-5-7-12(13)9-10-15-3/h5-8,11,15H,4,9-10H2,1-3H3. The predicted molar refractivity (Wildman–Crippen MR) is 69.2 cm³/mol. The van der Waals surface area contributed by atoms with Crippen LogP contribution < -0.4 is 5.32 Å². The lowest BCUT2D eigenvalue weighted by Crippen LogP contribution is -2.17. The SMILES string of the molecule is CCC(C)OC(=O)c1ccccc1CCNC. The second-order valence-electron chi connectivity index (χ2n) is 4.13. The summed E-state index contributed by atoms with van der Waals surface area (Å²) in [6, 6.07) is 7.63. The fraction of sp³-hybridized carbons (Fsp3) is 0.500. The van der Waals surface area contributed by atoms with Gasteiger partial charge in [-0.25, -0.2) is 4.79 Å². The zero-order valence-electron chi connectivity index (χ0n) is 10.8. The van der Waals surface area contributed by atoms with Crippen LogP contribution in [0.15, 0.2) is 24.3 Å². The number of esters is 1. The quantitative estimate of drug-likeness (QED) is 0.769. The zero-order chi connectivity index (χ0) is 12.7. The van der Waals surface area contributed by atoms with Crippen LogP contribution in [0.3, 0.4) is 0 Å². The van der Waals surface area contributed by atoms with Gasteiger partial charge in [0.2, 0.25) is 0 Å². The Balaban J connectivity index is 2.77. The normalized spacial score (nSPS) is 12.2. The second-order valence-corrected chi connectivity index (χ2v) is 4.13. The Morgan fingerprint density at radius 3 is 2.76 bits per heavy atom. The molecule has 0 aliphatic rings. The molecule has 0 saturated carbocycles. The molecule has 94 valence electrons. The molecule has 0 bridgehead atoms. The summed E-state index contributed by atoms with van der Waals surface area (Å²) in [6.07, 6.45) is 1.65. The molecular formula is C14H21NO2. The molecule has 1 aromatic carbocycles. The van der Waals surface area contributed by atoms with Crippen molar-refractivity contribution in [3.63, 3.8) is 0 Å². The largest absolute Gasteiger partial charge is 0.459 e. The summed E-state index contributed by atoms with van der Waals surface area (Å²) in [4.78, 5) is 12.0. The van der Waals surface area contributed by atoms with E-state index in [9.17, 15) is 4.79 Å². The van der Waals surface area contributed by atoms with E-state index < -0.39 is 0 Å². The van der Waals surface area contributed by atoms with Crippen LogP contribution in [-0.2, 0) is 11.2 Å². The molecule has 1 atom stereocenters. The molecule has 0 amide bonds. The van der Waals surface area contributed by atoms with Crippen molar-refractivity contribution in [3.05, 3.63) is 35.4 Å². The Hall–Kier alpha value is -1.35. The fourth-order valence-corrected chi connectivity index (χ4v) is 1.53. The van der Waals surface area contributed by atoms with Gasteiger partial charge >= 0.3 is 5.97 Å². The van der Waals surface area contributed by atoms with E-state index >= 15 is 0 Å². The molecule has 1 unspecified atom stereocenters. The molecule has 0 spiro atoms. The van der Waals surface area contributed by atoms with E-state index in [-0.39, 0.29) is 12.1 Å². The Labute approximate surface area is 103 Å². The highest BCUT2D eigenvalue weighted by Crippen LogP contribution is 2.12. The van der Waals surface area contributed by atoms with Crippen molar-refractivity contribution in [2.75, 3.05) is 13.6 Å². The third-order valence-electron chi connectivity index (χ3n) is 2.76. The van der Waals surface area contributed by atoms with Crippen LogP contribution in [0, 0.1) is 0 Å². The lowest BCUT2D eigenvalue weighted by Gasteiger charge is -2.13. The number of carbonyl (C=O) groups is 1. The summed E-state index contributed by atoms with van der Waals surface area (Å²) in [5.74, 6) is -0.217. The molecule has 0 aliphatic heterocycles. The van der Waals surface area contributed by atoms with E-state index in [2.05, 4.69) is 5.32 Å². The maximum Gasteiger partial charge on any atom is 0.338 e. The molecular weight excluding hydrogens is 214 g/mol. The number of rotatable bonds is 6. The van der Waals surface area contributed by atoms with Crippen LogP contribution in [-0.4, -0.2) is 25.7 Å². The van der Waals surface area contributed by atoms with Crippen molar-refractivity contribution in [1.29, 1.82) is 0 Å². The van der Waals surface area contributed by atoms with E-state index in [0.717, 1.165) is 24.9 Å². The average Bonchev–Trinajstić information content (AvgIpc) is 2.36. The van der Waals surface area contributed by atoms with Gasteiger partial charge in [-0.2, -0.15) is 0 Å². The first-order valence-corrected chi connectivity index (χ1v) is 6.12. The summed E-state index contributed by atoms with van der Waals surface area (Å²) in [7, 11) is 1.90. The molecule has 3 nitrogen and oxygen atoms in total. The maximum atomic E-state index is 12.0. The highest BCUT2D eigenvalue weighted by Gasteiger charge is 2.14. The van der Waals surface area contributed by atoms with Gasteiger partial charge in [0.05, 0.1) is 11.7 Å². The minimum atomic E-state index is -0.217. The Bertz CT molecular complexity index is 363. The highest BCUT2D eigenvalue weighted by atomic mass is 16.5. The van der Waals surface area contributed by atoms with Gasteiger partial charge in [-0.15, -0.1) is 0 Å². The summed E-state index contributed by atoms with van der Waals surface area (Å²) < 4.78 is 5.35. The van der Waals surface area contributed by atoms with Gasteiger partial charge in [0, 0.05) is 0 Å². The minimum Gasteiger partial charge on any atom is -0.459 e. The van der Waals surface area contributed by atoms with Gasteiger partial charge in [-0.3, -0.25) is 0 Å². The van der Waals surface area contributed by atoms with E-state index in [1.807, 2.05) is 45.2 Å². The molecule has 1 N–H and O–H groups in total. The summed E-state index contributed by atoms with van der Waals surface area (Å²) >= 11 is 0. The zero-order valence-corrected chi connectivity index (χ0v) is 10.8. The van der Waals surface area contributed by atoms with E-state index in [4.69, 9.17) is 4.74 Å². The Morgan fingerprint density at radius 1 is 1.41 bits per heavy atom. The second kappa shape index (κ2) is 7.07. The molecule has 0 saturated heterocycles. The summed E-state index contributed by atoms with van der Waals surface area (Å²) in [5, 5.41) is 3.08. The van der Waals surface area contributed by atoms with Crippen molar-refractivity contribution < 1.29 is 9.53 Å². The molecule has 1 aromatic rings. The minimum absolute atomic E-state index is 0.0279. The van der Waals surface area contributed by atoms with Crippen molar-refractivity contribution in [2.24, 2.45) is 0 Å². The molecule has 0 heterocycles. The van der Waals surface area contributed by atoms with Crippen molar-refractivity contribution in [3.8, 4) is 0 Å². The van der Waals surface area contributed by atoms with E-state index in [0.29, 0.717) is 5.56 Å². The first-order chi connectivity index (χ1) is 8.19. The first kappa shape index (κ1) is 13.7. The highest BCUT2D eigenvalue weighted by molar-refractivity contribution is 5.91. The topological polar surface area (TPSA) is 38.3 Å². The summed E-state index contributed by atoms with van der Waals surface area (Å²) in [5.41, 5.74) is 1.72. The van der Waals surface area contributed by atoms with Crippen LogP contribution in [0.1, 0.15) is 36.2 Å². The van der Waals surface area contributed by atoms with Crippen molar-refractivity contribution in [2.45, 2.75) is 32.8 Å². The third-order valence-corrected chi connectivity index (χ3v) is 2.76. The average molecular weight is 235 g/mol. The van der Waals surface area contributed by atoms with Gasteiger partial charge in [0.25, 0.3) is 0 Å². The number of likely N-dealkylation sites (N-methyl/N-ethyl adjacent to an activating group) is 1. The van der Waals surface area contributed by atoms with Gasteiger partial charge < -0.3 is 10.1 Å². The van der Waals surface area contributed by atoms with Gasteiger partial charge in [-0.05, 0) is 45.0 Å². The molecule has 0 aliphatic carbocycles. The lowest BCUT2D eigenvalue weighted by atomic mass is 10.0. The van der Waals surface area contributed by atoms with Crippen molar-refractivity contribution in [1.82, 2.24) is 5.32 Å². The van der Waals surface area contributed by atoms with Crippen LogP contribution in [0.5, 0.6) is 0 Å². The number of hydrogen-bond acceptors (Lipinski definition) is 3. The number of benzene rings is 1. The van der Waals surface area contributed by atoms with Crippen LogP contribution in [0.4, 0.5) is 0 Å². The van der Waals surface area contributed by atoms with Crippen LogP contribution in [0.2, 0.25) is 0 Å². The van der Waals surface area contributed by atoms with E-state index in [1.54, 1.807) is 0 Å². The number of hydrogen-bond donors (Lipinski definition) is 1. The van der Waals surface area contributed by atoms with Gasteiger partial charge in [-0.1, -0.05) is 25.1 Å².